The molecule has 0 saturated heterocycles. The molecule has 0 radical (unpaired) electrons. The number of amides is 2. The number of hydrogen-bond donors (Lipinski definition) is 2. The van der Waals surface area contributed by atoms with E-state index in [0.717, 1.165) is 12.1 Å². The number of nitrogens with one attached hydrogen (secondary N) is 2. The van der Waals surface area contributed by atoms with Gasteiger partial charge in [-0.1, -0.05) is 11.6 Å². The lowest BCUT2D eigenvalue weighted by molar-refractivity contribution is -0.384. The Morgan fingerprint density at radius 2 is 1.54 bits per heavy atom. The fourth-order valence-electron chi connectivity index (χ4n) is 2.27. The molecule has 0 bridgehead atoms. The van der Waals surface area contributed by atoms with Crippen molar-refractivity contribution >= 4 is 29.1 Å². The van der Waals surface area contributed by atoms with Gasteiger partial charge in [-0.2, -0.15) is 0 Å². The molecule has 28 heavy (non-hydrogen) atoms. The summed E-state index contributed by atoms with van der Waals surface area (Å²) in [6.07, 6.45) is 0. The minimum atomic E-state index is -0.825. The first-order valence-electron chi connectivity index (χ1n) is 7.67. The van der Waals surface area contributed by atoms with Gasteiger partial charge in [-0.15, -0.1) is 0 Å². The van der Waals surface area contributed by atoms with E-state index in [0.29, 0.717) is 5.75 Å². The maximum atomic E-state index is 12.4. The van der Waals surface area contributed by atoms with Gasteiger partial charge in [0.25, 0.3) is 17.5 Å². The van der Waals surface area contributed by atoms with Crippen LogP contribution < -0.4 is 25.1 Å². The van der Waals surface area contributed by atoms with Crippen molar-refractivity contribution in [2.45, 2.75) is 0 Å². The molecule has 0 unspecified atom stereocenters. The second-order valence-electron chi connectivity index (χ2n) is 5.24. The maximum Gasteiger partial charge on any atom is 0.271 e. The van der Waals surface area contributed by atoms with Crippen LogP contribution in [0.2, 0.25) is 5.02 Å². The number of hydrogen-bond acceptors (Lipinski definition) is 7. The number of hydrazine groups is 1. The van der Waals surface area contributed by atoms with Gasteiger partial charge in [0.1, 0.15) is 0 Å². The third-order valence-electron chi connectivity index (χ3n) is 3.62. The third-order valence-corrected chi connectivity index (χ3v) is 3.95. The molecule has 10 nitrogen and oxygen atoms in total. The summed E-state index contributed by atoms with van der Waals surface area (Å²) >= 11 is 5.90. The number of nitro benzene ring substituents is 1. The number of halogens is 1. The molecule has 2 aromatic carbocycles. The van der Waals surface area contributed by atoms with Gasteiger partial charge >= 0.3 is 0 Å². The van der Waals surface area contributed by atoms with E-state index in [9.17, 15) is 19.7 Å². The van der Waals surface area contributed by atoms with Gasteiger partial charge < -0.3 is 14.2 Å². The molecule has 0 atom stereocenters. The Morgan fingerprint density at radius 1 is 0.964 bits per heavy atom. The summed E-state index contributed by atoms with van der Waals surface area (Å²) in [7, 11) is 4.21. The van der Waals surface area contributed by atoms with E-state index in [1.807, 2.05) is 0 Å². The summed E-state index contributed by atoms with van der Waals surface area (Å²) in [5.74, 6) is -0.710. The zero-order valence-corrected chi connectivity index (χ0v) is 15.8. The predicted octanol–water partition coefficient (Wildman–Crippen LogP) is 2.35. The fraction of sp³-hybridized carbons (Fsp3) is 0.176. The van der Waals surface area contributed by atoms with Crippen LogP contribution in [0, 0.1) is 10.1 Å². The Morgan fingerprint density at radius 3 is 2.04 bits per heavy atom. The molecule has 0 spiro atoms. The summed E-state index contributed by atoms with van der Waals surface area (Å²) in [6, 6.07) is 6.17. The van der Waals surface area contributed by atoms with E-state index in [-0.39, 0.29) is 33.3 Å². The quantitative estimate of drug-likeness (QED) is 0.553. The SMILES string of the molecule is COc1cc(C(=O)NNC(=O)c2cc([N+](=O)[O-])ccc2Cl)cc(OC)c1OC. The van der Waals surface area contributed by atoms with E-state index in [1.54, 1.807) is 0 Å². The lowest BCUT2D eigenvalue weighted by Gasteiger charge is -2.14. The normalized spacial score (nSPS) is 10.0. The van der Waals surface area contributed by atoms with Crippen molar-refractivity contribution in [2.75, 3.05) is 21.3 Å². The summed E-state index contributed by atoms with van der Waals surface area (Å²) in [6.45, 7) is 0. The van der Waals surface area contributed by atoms with Crippen molar-refractivity contribution in [3.8, 4) is 17.2 Å². The van der Waals surface area contributed by atoms with E-state index in [1.165, 1.54) is 39.5 Å². The molecule has 0 saturated carbocycles. The van der Waals surface area contributed by atoms with Gasteiger partial charge in [-0.3, -0.25) is 30.6 Å². The zero-order valence-electron chi connectivity index (χ0n) is 15.1. The molecule has 0 fully saturated rings. The molecular formula is C17H16ClN3O7. The Balaban J connectivity index is 2.19. The Hall–Kier alpha value is -3.53. The molecule has 2 amide bonds. The predicted molar refractivity (Wildman–Crippen MR) is 99.1 cm³/mol. The van der Waals surface area contributed by atoms with Gasteiger partial charge in [0.05, 0.1) is 36.8 Å². The lowest BCUT2D eigenvalue weighted by atomic mass is 10.1. The number of methoxy groups -OCH3 is 3. The summed E-state index contributed by atoms with van der Waals surface area (Å²) in [4.78, 5) is 34.8. The number of rotatable bonds is 6. The van der Waals surface area contributed by atoms with Gasteiger partial charge in [-0.25, -0.2) is 0 Å². The van der Waals surface area contributed by atoms with Crippen molar-refractivity contribution in [1.82, 2.24) is 10.9 Å². The van der Waals surface area contributed by atoms with Crippen molar-refractivity contribution in [3.05, 3.63) is 56.6 Å². The van der Waals surface area contributed by atoms with Gasteiger partial charge in [-0.05, 0) is 18.2 Å². The highest BCUT2D eigenvalue weighted by Gasteiger charge is 2.19. The number of non-ortho nitro benzene ring substituents is 1. The van der Waals surface area contributed by atoms with Crippen molar-refractivity contribution in [3.63, 3.8) is 0 Å². The molecule has 0 aliphatic rings. The van der Waals surface area contributed by atoms with Crippen LogP contribution in [0.3, 0.4) is 0 Å². The molecule has 0 aromatic heterocycles. The first-order chi connectivity index (χ1) is 13.3. The molecule has 148 valence electrons. The Labute approximate surface area is 164 Å². The van der Waals surface area contributed by atoms with Gasteiger partial charge in [0.2, 0.25) is 5.75 Å². The second kappa shape index (κ2) is 8.91. The highest BCUT2D eigenvalue weighted by molar-refractivity contribution is 6.34. The van der Waals surface area contributed by atoms with Crippen LogP contribution in [-0.4, -0.2) is 38.1 Å². The largest absolute Gasteiger partial charge is 0.493 e. The number of nitro groups is 1. The smallest absolute Gasteiger partial charge is 0.271 e. The van der Waals surface area contributed by atoms with Crippen molar-refractivity contribution < 1.29 is 28.7 Å². The van der Waals surface area contributed by atoms with Gasteiger partial charge in [0.15, 0.2) is 11.5 Å². The van der Waals surface area contributed by atoms with Crippen LogP contribution in [-0.2, 0) is 0 Å². The third kappa shape index (κ3) is 4.41. The second-order valence-corrected chi connectivity index (χ2v) is 5.65. The van der Waals surface area contributed by atoms with E-state index in [4.69, 9.17) is 25.8 Å². The molecule has 0 aliphatic carbocycles. The first-order valence-corrected chi connectivity index (χ1v) is 8.04. The van der Waals surface area contributed by atoms with E-state index < -0.39 is 16.7 Å². The number of nitrogens with zero attached hydrogens (tertiary/aromatic N) is 1. The summed E-state index contributed by atoms with van der Waals surface area (Å²) in [5, 5.41) is 10.8. The van der Waals surface area contributed by atoms with Crippen LogP contribution in [0.15, 0.2) is 30.3 Å². The molecule has 2 aromatic rings. The van der Waals surface area contributed by atoms with Crippen molar-refractivity contribution in [2.24, 2.45) is 0 Å². The first kappa shape index (κ1) is 20.8. The molecule has 2 N–H and O–H groups in total. The zero-order chi connectivity index (χ0) is 20.8. The Bertz CT molecular complexity index is 908. The van der Waals surface area contributed by atoms with E-state index in [2.05, 4.69) is 10.9 Å². The summed E-state index contributed by atoms with van der Waals surface area (Å²) < 4.78 is 15.5. The Kier molecular flexibility index (Phi) is 6.61. The molecule has 11 heteroatoms. The van der Waals surface area contributed by atoms with Crippen molar-refractivity contribution in [1.29, 1.82) is 0 Å². The molecular weight excluding hydrogens is 394 g/mol. The fourth-order valence-corrected chi connectivity index (χ4v) is 2.47. The average Bonchev–Trinajstić information content (AvgIpc) is 2.70. The van der Waals surface area contributed by atoms with Crippen LogP contribution in [0.25, 0.3) is 0 Å². The number of ether oxygens (including phenoxy) is 3. The topological polar surface area (TPSA) is 129 Å². The average molecular weight is 410 g/mol. The highest BCUT2D eigenvalue weighted by atomic mass is 35.5. The number of carbonyl (C=O) groups excluding carboxylic acids is 2. The molecule has 2 rings (SSSR count). The highest BCUT2D eigenvalue weighted by Crippen LogP contribution is 2.38. The monoisotopic (exact) mass is 409 g/mol. The summed E-state index contributed by atoms with van der Waals surface area (Å²) in [5.41, 5.74) is 3.97. The lowest BCUT2D eigenvalue weighted by Crippen LogP contribution is -2.41. The minimum Gasteiger partial charge on any atom is -0.493 e. The maximum absolute atomic E-state index is 12.4. The molecule has 0 aliphatic heterocycles. The molecule has 0 heterocycles. The number of carbonyl (C=O) groups is 2. The number of benzene rings is 2. The van der Waals surface area contributed by atoms with Crippen LogP contribution in [0.5, 0.6) is 17.2 Å². The van der Waals surface area contributed by atoms with Gasteiger partial charge in [0, 0.05) is 17.7 Å². The van der Waals surface area contributed by atoms with Crippen LogP contribution in [0.4, 0.5) is 5.69 Å². The van der Waals surface area contributed by atoms with Crippen LogP contribution >= 0.6 is 11.6 Å². The van der Waals surface area contributed by atoms with Crippen LogP contribution in [0.1, 0.15) is 20.7 Å². The van der Waals surface area contributed by atoms with E-state index >= 15 is 0 Å². The minimum absolute atomic E-state index is 0.00913. The standard InChI is InChI=1S/C17H16ClN3O7/c1-26-13-6-9(7-14(27-2)15(13)28-3)16(22)19-20-17(23)11-8-10(21(24)25)4-5-12(11)18/h4-8H,1-3H3,(H,19,22)(H,20,23).